The number of nitrogens with zero attached hydrogens (tertiary/aromatic N) is 4. The van der Waals surface area contributed by atoms with Crippen LogP contribution in [0.1, 0.15) is 41.1 Å². The van der Waals surface area contributed by atoms with Crippen LogP contribution in [-0.4, -0.2) is 27.2 Å². The van der Waals surface area contributed by atoms with Crippen molar-refractivity contribution >= 4 is 11.6 Å². The van der Waals surface area contributed by atoms with Gasteiger partial charge in [-0.2, -0.15) is 18.3 Å². The summed E-state index contributed by atoms with van der Waals surface area (Å²) in [6.07, 6.45) is -4.60. The number of hydrogen-bond acceptors (Lipinski definition) is 3. The molecule has 4 rings (SSSR count). The topological polar surface area (TPSA) is 51.0 Å². The first kappa shape index (κ1) is 20.0. The fraction of sp³-hybridized carbons (Fsp3) is 0.250. The molecule has 30 heavy (non-hydrogen) atoms. The lowest BCUT2D eigenvalue weighted by Gasteiger charge is -2.32. The first-order chi connectivity index (χ1) is 14.2. The Labute approximate surface area is 167 Å². The molecule has 1 aliphatic heterocycles. The van der Waals surface area contributed by atoms with E-state index in [-0.39, 0.29) is 18.3 Å². The number of carbonyl (C=O) groups is 1. The molecule has 0 bridgehead atoms. The molecule has 5 nitrogen and oxygen atoms in total. The van der Waals surface area contributed by atoms with E-state index < -0.39 is 29.8 Å². The number of benzene rings is 1. The maximum atomic E-state index is 13.2. The summed E-state index contributed by atoms with van der Waals surface area (Å²) in [5.74, 6) is -0.476. The third-order valence-corrected chi connectivity index (χ3v) is 4.93. The largest absolute Gasteiger partial charge is 0.416 e. The van der Waals surface area contributed by atoms with Crippen LogP contribution in [-0.2, 0) is 6.18 Å². The predicted molar refractivity (Wildman–Crippen MR) is 98.2 cm³/mol. The number of aromatic nitrogens is 3. The zero-order chi connectivity index (χ0) is 21.6. The molecule has 0 saturated carbocycles. The molecule has 2 aromatic heterocycles. The molecule has 1 amide bonds. The minimum atomic E-state index is -4.48. The summed E-state index contributed by atoms with van der Waals surface area (Å²) in [6, 6.07) is 6.72. The van der Waals surface area contributed by atoms with E-state index in [4.69, 9.17) is 0 Å². The number of anilines is 1. The lowest BCUT2D eigenvalue weighted by molar-refractivity contribution is -0.137. The molecule has 3 heterocycles. The van der Waals surface area contributed by atoms with Crippen LogP contribution in [0.4, 0.5) is 27.6 Å². The van der Waals surface area contributed by atoms with Crippen LogP contribution in [0.5, 0.6) is 0 Å². The van der Waals surface area contributed by atoms with Gasteiger partial charge in [-0.1, -0.05) is 0 Å². The van der Waals surface area contributed by atoms with E-state index in [1.807, 2.05) is 0 Å². The second-order valence-corrected chi connectivity index (χ2v) is 6.93. The molecule has 1 aromatic carbocycles. The Balaban J connectivity index is 1.74. The van der Waals surface area contributed by atoms with Gasteiger partial charge in [-0.05, 0) is 48.9 Å². The fourth-order valence-electron chi connectivity index (χ4n) is 3.46. The molecule has 3 aromatic rings. The molecule has 10 heteroatoms. The Morgan fingerprint density at radius 2 is 1.83 bits per heavy atom. The number of amides is 1. The number of hydrogen-bond donors (Lipinski definition) is 0. The van der Waals surface area contributed by atoms with E-state index in [9.17, 15) is 26.7 Å². The van der Waals surface area contributed by atoms with E-state index in [1.165, 1.54) is 46.2 Å². The number of fused-ring (bicyclic) bond motifs is 1. The van der Waals surface area contributed by atoms with Gasteiger partial charge < -0.3 is 4.90 Å². The van der Waals surface area contributed by atoms with Crippen LogP contribution in [0.2, 0.25) is 0 Å². The van der Waals surface area contributed by atoms with E-state index in [0.29, 0.717) is 16.8 Å². The maximum absolute atomic E-state index is 13.2. The van der Waals surface area contributed by atoms with Crippen LogP contribution in [0, 0.1) is 0 Å². The number of rotatable bonds is 3. The molecular weight excluding hydrogens is 407 g/mol. The van der Waals surface area contributed by atoms with Crippen molar-refractivity contribution in [1.82, 2.24) is 14.8 Å². The summed E-state index contributed by atoms with van der Waals surface area (Å²) in [5, 5.41) is 4.23. The van der Waals surface area contributed by atoms with Gasteiger partial charge >= 0.3 is 6.18 Å². The minimum absolute atomic E-state index is 0.181. The van der Waals surface area contributed by atoms with Crippen LogP contribution >= 0.6 is 0 Å². The molecular formula is C20H15F5N4O. The highest BCUT2D eigenvalue weighted by molar-refractivity contribution is 6.09. The average molecular weight is 422 g/mol. The molecule has 0 fully saturated rings. The van der Waals surface area contributed by atoms with Gasteiger partial charge in [0.05, 0.1) is 17.8 Å². The van der Waals surface area contributed by atoms with Gasteiger partial charge in [-0.25, -0.2) is 8.78 Å². The fourth-order valence-corrected chi connectivity index (χ4v) is 3.46. The summed E-state index contributed by atoms with van der Waals surface area (Å²) in [4.78, 5) is 18.2. The van der Waals surface area contributed by atoms with Crippen LogP contribution in [0.3, 0.4) is 0 Å². The summed E-state index contributed by atoms with van der Waals surface area (Å²) >= 11 is 0. The molecule has 1 aliphatic rings. The summed E-state index contributed by atoms with van der Waals surface area (Å²) in [6.45, 7) is 2.01. The highest BCUT2D eigenvalue weighted by atomic mass is 19.4. The van der Waals surface area contributed by atoms with Crippen molar-refractivity contribution in [3.63, 3.8) is 0 Å². The third-order valence-electron chi connectivity index (χ3n) is 4.93. The summed E-state index contributed by atoms with van der Waals surface area (Å²) < 4.78 is 66.1. The van der Waals surface area contributed by atoms with Crippen molar-refractivity contribution in [2.75, 3.05) is 11.4 Å². The quantitative estimate of drug-likeness (QED) is 0.551. The van der Waals surface area contributed by atoms with E-state index in [2.05, 4.69) is 10.1 Å². The van der Waals surface area contributed by atoms with Gasteiger partial charge in [0.2, 0.25) is 0 Å². The van der Waals surface area contributed by atoms with Gasteiger partial charge in [-0.3, -0.25) is 14.5 Å². The molecule has 156 valence electrons. The lowest BCUT2D eigenvalue weighted by atomic mass is 10.0. The van der Waals surface area contributed by atoms with Gasteiger partial charge in [0.1, 0.15) is 11.4 Å². The van der Waals surface area contributed by atoms with Gasteiger partial charge in [0.25, 0.3) is 12.3 Å². The van der Waals surface area contributed by atoms with Gasteiger partial charge in [0, 0.05) is 24.0 Å². The van der Waals surface area contributed by atoms with Crippen molar-refractivity contribution in [2.24, 2.45) is 0 Å². The molecule has 0 spiro atoms. The van der Waals surface area contributed by atoms with Crippen molar-refractivity contribution < 1.29 is 26.7 Å². The molecule has 0 radical (unpaired) electrons. The normalized spacial score (nSPS) is 16.8. The lowest BCUT2D eigenvalue weighted by Crippen LogP contribution is -2.42. The van der Waals surface area contributed by atoms with Crippen molar-refractivity contribution in [3.05, 3.63) is 65.7 Å². The Morgan fingerprint density at radius 1 is 1.13 bits per heavy atom. The van der Waals surface area contributed by atoms with Crippen LogP contribution in [0.25, 0.3) is 11.1 Å². The van der Waals surface area contributed by atoms with Crippen LogP contribution in [0.15, 0.2) is 48.8 Å². The second-order valence-electron chi connectivity index (χ2n) is 6.93. The summed E-state index contributed by atoms with van der Waals surface area (Å²) in [7, 11) is 0. The Morgan fingerprint density at radius 3 is 2.47 bits per heavy atom. The van der Waals surface area contributed by atoms with E-state index in [1.54, 1.807) is 6.92 Å². The first-order valence-corrected chi connectivity index (χ1v) is 8.98. The van der Waals surface area contributed by atoms with Gasteiger partial charge in [0.15, 0.2) is 0 Å². The molecule has 0 aliphatic carbocycles. The molecule has 0 N–H and O–H groups in total. The smallest absolute Gasteiger partial charge is 0.305 e. The molecule has 0 saturated heterocycles. The van der Waals surface area contributed by atoms with Crippen molar-refractivity contribution in [1.29, 1.82) is 0 Å². The molecule has 1 atom stereocenters. The summed E-state index contributed by atoms with van der Waals surface area (Å²) in [5.41, 5.74) is -0.0420. The Kier molecular flexibility index (Phi) is 4.79. The van der Waals surface area contributed by atoms with Crippen LogP contribution < -0.4 is 4.90 Å². The second kappa shape index (κ2) is 7.19. The maximum Gasteiger partial charge on any atom is 0.416 e. The third kappa shape index (κ3) is 3.42. The standard InChI is InChI=1S/C20H15F5N4O/c1-11-10-28(14-4-2-13(3-5-14)20(23,24)25)19(30)17-15(9-27-29(11)17)12-6-7-26-16(8-12)18(21)22/h2-9,11,18H,10H2,1H3/t11-/m0/s1. The number of pyridine rings is 1. The highest BCUT2D eigenvalue weighted by Crippen LogP contribution is 2.35. The monoisotopic (exact) mass is 422 g/mol. The highest BCUT2D eigenvalue weighted by Gasteiger charge is 2.35. The predicted octanol–water partition coefficient (Wildman–Crippen LogP) is 5.12. The zero-order valence-electron chi connectivity index (χ0n) is 15.6. The van der Waals surface area contributed by atoms with E-state index in [0.717, 1.165) is 12.1 Å². The number of alkyl halides is 5. The molecule has 0 unspecified atom stereocenters. The van der Waals surface area contributed by atoms with Crippen molar-refractivity contribution in [2.45, 2.75) is 25.6 Å². The zero-order valence-corrected chi connectivity index (χ0v) is 15.6. The van der Waals surface area contributed by atoms with Crippen molar-refractivity contribution in [3.8, 4) is 11.1 Å². The number of carbonyl (C=O) groups excluding carboxylic acids is 1. The van der Waals surface area contributed by atoms with Gasteiger partial charge in [-0.15, -0.1) is 0 Å². The average Bonchev–Trinajstić information content (AvgIpc) is 3.16. The number of halogens is 5. The van der Waals surface area contributed by atoms with E-state index >= 15 is 0 Å². The SMILES string of the molecule is C[C@H]1CN(c2ccc(C(F)(F)F)cc2)C(=O)c2c(-c3ccnc(C(F)F)c3)cnn21. The minimum Gasteiger partial charge on any atom is -0.305 e. The first-order valence-electron chi connectivity index (χ1n) is 8.98. The Hall–Kier alpha value is -3.30. The Bertz CT molecular complexity index is 1090.